The van der Waals surface area contributed by atoms with Gasteiger partial charge in [-0.05, 0) is 18.5 Å². The summed E-state index contributed by atoms with van der Waals surface area (Å²) in [5.41, 5.74) is 1.11. The molecule has 0 aliphatic carbocycles. The van der Waals surface area contributed by atoms with Gasteiger partial charge in [0.1, 0.15) is 0 Å². The highest BCUT2D eigenvalue weighted by Gasteiger charge is 2.34. The van der Waals surface area contributed by atoms with Crippen LogP contribution >= 0.6 is 0 Å². The van der Waals surface area contributed by atoms with Crippen LogP contribution in [0, 0.1) is 0 Å². The molecule has 0 radical (unpaired) electrons. The first-order valence-corrected chi connectivity index (χ1v) is 6.38. The van der Waals surface area contributed by atoms with Crippen LogP contribution in [0.25, 0.3) is 0 Å². The first-order valence-electron chi connectivity index (χ1n) is 6.38. The van der Waals surface area contributed by atoms with Gasteiger partial charge in [-0.25, -0.2) is 8.78 Å². The molecule has 1 heterocycles. The molecule has 1 aromatic rings. The van der Waals surface area contributed by atoms with Crippen molar-refractivity contribution in [3.63, 3.8) is 0 Å². The van der Waals surface area contributed by atoms with Crippen LogP contribution in [0.5, 0.6) is 0 Å². The lowest BCUT2D eigenvalue weighted by atomic mass is 10.1. The fourth-order valence-corrected chi connectivity index (χ4v) is 2.20. The Balaban J connectivity index is 1.64. The molecule has 0 N–H and O–H groups in total. The number of halogens is 2. The average Bonchev–Trinajstić information content (AvgIpc) is 2.35. The number of rotatable bonds is 5. The lowest BCUT2D eigenvalue weighted by Crippen LogP contribution is -2.43. The Morgan fingerprint density at radius 1 is 1.22 bits per heavy atom. The van der Waals surface area contributed by atoms with Gasteiger partial charge in [-0.15, -0.1) is 0 Å². The zero-order valence-electron chi connectivity index (χ0n) is 10.4. The number of ether oxygens (including phenoxy) is 1. The summed E-state index contributed by atoms with van der Waals surface area (Å²) in [6.07, 6.45) is 0.597. The molecule has 0 saturated carbocycles. The highest BCUT2D eigenvalue weighted by molar-refractivity contribution is 5.13. The summed E-state index contributed by atoms with van der Waals surface area (Å²) in [6, 6.07) is 9.87. The highest BCUT2D eigenvalue weighted by atomic mass is 19.3. The van der Waals surface area contributed by atoms with Gasteiger partial charge in [0.05, 0.1) is 19.8 Å². The summed E-state index contributed by atoms with van der Waals surface area (Å²) >= 11 is 0. The Hall–Kier alpha value is -1.00. The molecule has 1 aromatic carbocycles. The van der Waals surface area contributed by atoms with Crippen molar-refractivity contribution in [2.24, 2.45) is 0 Å². The van der Waals surface area contributed by atoms with E-state index in [0.29, 0.717) is 26.2 Å². The molecule has 0 aromatic heterocycles. The maximum Gasteiger partial charge on any atom is 0.260 e. The number of piperidine rings is 1. The number of hydrogen-bond donors (Lipinski definition) is 0. The van der Waals surface area contributed by atoms with Crippen LogP contribution in [-0.2, 0) is 11.3 Å². The molecule has 1 aliphatic rings. The average molecular weight is 255 g/mol. The van der Waals surface area contributed by atoms with E-state index in [4.69, 9.17) is 4.74 Å². The zero-order valence-corrected chi connectivity index (χ0v) is 10.4. The summed E-state index contributed by atoms with van der Waals surface area (Å²) in [7, 11) is 0. The van der Waals surface area contributed by atoms with E-state index in [9.17, 15) is 8.78 Å². The molecule has 0 bridgehead atoms. The van der Waals surface area contributed by atoms with Crippen LogP contribution in [0.15, 0.2) is 30.3 Å². The zero-order chi connectivity index (χ0) is 12.8. The molecule has 100 valence electrons. The van der Waals surface area contributed by atoms with E-state index in [1.54, 1.807) is 4.90 Å². The number of benzene rings is 1. The largest absolute Gasteiger partial charge is 0.375 e. The second kappa shape index (κ2) is 6.25. The molecular formula is C14H19F2NO. The van der Waals surface area contributed by atoms with Crippen molar-refractivity contribution >= 4 is 0 Å². The highest BCUT2D eigenvalue weighted by Crippen LogP contribution is 2.26. The Morgan fingerprint density at radius 3 is 2.72 bits per heavy atom. The Labute approximate surface area is 107 Å². The minimum atomic E-state index is -2.52. The minimum absolute atomic E-state index is 0.0222. The van der Waals surface area contributed by atoms with E-state index in [2.05, 4.69) is 0 Å². The standard InChI is InChI=1S/C14H19F2NO/c15-14(16)7-4-8-17(12-14)9-10-18-11-13-5-2-1-3-6-13/h1-3,5-6H,4,7-12H2. The predicted molar refractivity (Wildman–Crippen MR) is 66.7 cm³/mol. The van der Waals surface area contributed by atoms with Gasteiger partial charge in [-0.2, -0.15) is 0 Å². The Kier molecular flexibility index (Phi) is 4.66. The molecule has 0 atom stereocenters. The van der Waals surface area contributed by atoms with Gasteiger partial charge in [0.15, 0.2) is 0 Å². The molecule has 4 heteroatoms. The van der Waals surface area contributed by atoms with Crippen molar-refractivity contribution in [3.8, 4) is 0 Å². The molecule has 0 unspecified atom stereocenters. The molecule has 18 heavy (non-hydrogen) atoms. The van der Waals surface area contributed by atoms with Gasteiger partial charge >= 0.3 is 0 Å². The lowest BCUT2D eigenvalue weighted by molar-refractivity contribution is -0.0689. The van der Waals surface area contributed by atoms with E-state index >= 15 is 0 Å². The van der Waals surface area contributed by atoms with Crippen molar-refractivity contribution < 1.29 is 13.5 Å². The predicted octanol–water partition coefficient (Wildman–Crippen LogP) is 2.93. The third kappa shape index (κ3) is 4.35. The molecule has 2 rings (SSSR count). The maximum atomic E-state index is 13.1. The fourth-order valence-electron chi connectivity index (χ4n) is 2.20. The molecule has 1 saturated heterocycles. The third-order valence-electron chi connectivity index (χ3n) is 3.14. The number of likely N-dealkylation sites (tertiary alicyclic amines) is 1. The van der Waals surface area contributed by atoms with Crippen molar-refractivity contribution in [3.05, 3.63) is 35.9 Å². The third-order valence-corrected chi connectivity index (χ3v) is 3.14. The second-order valence-electron chi connectivity index (χ2n) is 4.77. The molecule has 0 spiro atoms. The van der Waals surface area contributed by atoms with Gasteiger partial charge in [0.25, 0.3) is 5.92 Å². The lowest BCUT2D eigenvalue weighted by Gasteiger charge is -2.32. The Morgan fingerprint density at radius 2 is 2.00 bits per heavy atom. The number of alkyl halides is 2. The van der Waals surface area contributed by atoms with Gasteiger partial charge < -0.3 is 4.74 Å². The second-order valence-corrected chi connectivity index (χ2v) is 4.77. The Bertz CT molecular complexity index is 356. The summed E-state index contributed by atoms with van der Waals surface area (Å²) in [6.45, 7) is 2.27. The van der Waals surface area contributed by atoms with Gasteiger partial charge in [0, 0.05) is 13.0 Å². The van der Waals surface area contributed by atoms with E-state index in [-0.39, 0.29) is 13.0 Å². The van der Waals surface area contributed by atoms with Crippen molar-refractivity contribution in [2.75, 3.05) is 26.2 Å². The maximum absolute atomic E-state index is 13.1. The molecule has 1 aliphatic heterocycles. The number of hydrogen-bond acceptors (Lipinski definition) is 2. The van der Waals surface area contributed by atoms with E-state index < -0.39 is 5.92 Å². The SMILES string of the molecule is FC1(F)CCCN(CCOCc2ccccc2)C1. The monoisotopic (exact) mass is 255 g/mol. The first kappa shape index (κ1) is 13.4. The van der Waals surface area contributed by atoms with Crippen LogP contribution < -0.4 is 0 Å². The van der Waals surface area contributed by atoms with Gasteiger partial charge in [0.2, 0.25) is 0 Å². The summed E-state index contributed by atoms with van der Waals surface area (Å²) in [4.78, 5) is 1.79. The van der Waals surface area contributed by atoms with Gasteiger partial charge in [-0.3, -0.25) is 4.90 Å². The molecule has 2 nitrogen and oxygen atoms in total. The van der Waals surface area contributed by atoms with Gasteiger partial charge in [-0.1, -0.05) is 30.3 Å². The number of nitrogens with zero attached hydrogens (tertiary/aromatic N) is 1. The van der Waals surface area contributed by atoms with Crippen molar-refractivity contribution in [1.82, 2.24) is 4.90 Å². The normalized spacial score (nSPS) is 19.9. The summed E-state index contributed by atoms with van der Waals surface area (Å²) in [5, 5.41) is 0. The molecule has 0 amide bonds. The van der Waals surface area contributed by atoms with Crippen LogP contribution in [0.1, 0.15) is 18.4 Å². The van der Waals surface area contributed by atoms with E-state index in [0.717, 1.165) is 12.1 Å². The smallest absolute Gasteiger partial charge is 0.260 e. The first-order chi connectivity index (χ1) is 8.66. The fraction of sp³-hybridized carbons (Fsp3) is 0.571. The van der Waals surface area contributed by atoms with Crippen molar-refractivity contribution in [1.29, 1.82) is 0 Å². The van der Waals surface area contributed by atoms with E-state index in [1.807, 2.05) is 30.3 Å². The topological polar surface area (TPSA) is 12.5 Å². The molecular weight excluding hydrogens is 236 g/mol. The van der Waals surface area contributed by atoms with Crippen LogP contribution in [0.4, 0.5) is 8.78 Å². The van der Waals surface area contributed by atoms with E-state index in [1.165, 1.54) is 0 Å². The minimum Gasteiger partial charge on any atom is -0.375 e. The van der Waals surface area contributed by atoms with Crippen LogP contribution in [0.3, 0.4) is 0 Å². The van der Waals surface area contributed by atoms with Crippen LogP contribution in [0.2, 0.25) is 0 Å². The quantitative estimate of drug-likeness (QED) is 0.750. The molecule has 1 fully saturated rings. The van der Waals surface area contributed by atoms with Crippen molar-refractivity contribution in [2.45, 2.75) is 25.4 Å². The summed E-state index contributed by atoms with van der Waals surface area (Å²) in [5.74, 6) is -2.52. The summed E-state index contributed by atoms with van der Waals surface area (Å²) < 4.78 is 31.8. The van der Waals surface area contributed by atoms with Crippen LogP contribution in [-0.4, -0.2) is 37.1 Å².